The van der Waals surface area contributed by atoms with Crippen LogP contribution < -0.4 is 11.1 Å². The fourth-order valence-corrected chi connectivity index (χ4v) is 3.70. The van der Waals surface area contributed by atoms with Crippen molar-refractivity contribution >= 4 is 11.3 Å². The van der Waals surface area contributed by atoms with E-state index in [0.717, 1.165) is 19.4 Å². The summed E-state index contributed by atoms with van der Waals surface area (Å²) >= 11 is 1.82. The van der Waals surface area contributed by atoms with Gasteiger partial charge in [0.1, 0.15) is 5.01 Å². The number of aryl methyl sites for hydroxylation is 1. The molecule has 0 bridgehead atoms. The average molecular weight is 281 g/mol. The summed E-state index contributed by atoms with van der Waals surface area (Å²) in [6.45, 7) is 5.37. The molecule has 3 nitrogen and oxygen atoms in total. The Morgan fingerprint density at radius 1 is 1.42 bits per heavy atom. The van der Waals surface area contributed by atoms with Crippen molar-refractivity contribution in [3.8, 4) is 0 Å². The monoisotopic (exact) mass is 281 g/mol. The fourth-order valence-electron chi connectivity index (χ4n) is 2.82. The van der Waals surface area contributed by atoms with Crippen molar-refractivity contribution in [1.29, 1.82) is 0 Å². The van der Waals surface area contributed by atoms with Gasteiger partial charge in [-0.15, -0.1) is 11.3 Å². The molecule has 2 rings (SSSR count). The van der Waals surface area contributed by atoms with E-state index < -0.39 is 0 Å². The molecule has 108 valence electrons. The number of aromatic nitrogens is 1. The summed E-state index contributed by atoms with van der Waals surface area (Å²) in [7, 11) is 0. The number of nitrogens with one attached hydrogen (secondary N) is 1. The van der Waals surface area contributed by atoms with Crippen LogP contribution in [0.4, 0.5) is 0 Å². The van der Waals surface area contributed by atoms with E-state index in [1.165, 1.54) is 42.0 Å². The summed E-state index contributed by atoms with van der Waals surface area (Å²) in [5.41, 5.74) is 6.54. The summed E-state index contributed by atoms with van der Waals surface area (Å²) in [5.74, 6) is 0. The van der Waals surface area contributed by atoms with Crippen LogP contribution in [0.2, 0.25) is 0 Å². The van der Waals surface area contributed by atoms with Gasteiger partial charge in [0, 0.05) is 16.6 Å². The van der Waals surface area contributed by atoms with E-state index >= 15 is 0 Å². The summed E-state index contributed by atoms with van der Waals surface area (Å²) in [5, 5.41) is 4.78. The molecule has 0 saturated heterocycles. The second-order valence-corrected chi connectivity index (χ2v) is 7.01. The summed E-state index contributed by atoms with van der Waals surface area (Å²) < 4.78 is 0. The predicted molar refractivity (Wildman–Crippen MR) is 82.5 cm³/mol. The van der Waals surface area contributed by atoms with Gasteiger partial charge in [-0.25, -0.2) is 4.98 Å². The Hall–Kier alpha value is -0.450. The zero-order chi connectivity index (χ0) is 13.7. The molecule has 19 heavy (non-hydrogen) atoms. The van der Waals surface area contributed by atoms with Crippen molar-refractivity contribution in [2.75, 3.05) is 6.54 Å². The van der Waals surface area contributed by atoms with E-state index in [2.05, 4.69) is 24.1 Å². The smallest absolute Gasteiger partial charge is 0.109 e. The first-order valence-corrected chi connectivity index (χ1v) is 8.41. The minimum Gasteiger partial charge on any atom is -0.325 e. The maximum Gasteiger partial charge on any atom is 0.109 e. The van der Waals surface area contributed by atoms with Gasteiger partial charge in [-0.1, -0.05) is 26.2 Å². The molecule has 1 heterocycles. The first kappa shape index (κ1) is 14.9. The number of thiazole rings is 1. The molecule has 1 atom stereocenters. The van der Waals surface area contributed by atoms with Gasteiger partial charge < -0.3 is 11.1 Å². The minimum atomic E-state index is 0.0857. The van der Waals surface area contributed by atoms with Crippen LogP contribution in [0.5, 0.6) is 0 Å². The average Bonchev–Trinajstić information content (AvgIpc) is 2.88. The Balaban J connectivity index is 1.75. The number of hydrogen-bond donors (Lipinski definition) is 2. The molecule has 1 aromatic rings. The Kier molecular flexibility index (Phi) is 5.37. The van der Waals surface area contributed by atoms with Crippen LogP contribution in [0.1, 0.15) is 68.3 Å². The molecule has 0 spiro atoms. The molecule has 1 aliphatic carbocycles. The van der Waals surface area contributed by atoms with Gasteiger partial charge in [-0.05, 0) is 39.2 Å². The molecule has 4 heteroatoms. The summed E-state index contributed by atoms with van der Waals surface area (Å²) in [6.07, 6.45) is 10.5. The molecule has 1 aliphatic rings. The lowest BCUT2D eigenvalue weighted by Crippen LogP contribution is -2.44. The van der Waals surface area contributed by atoms with Gasteiger partial charge in [-0.2, -0.15) is 0 Å². The minimum absolute atomic E-state index is 0.0857. The van der Waals surface area contributed by atoms with Crippen LogP contribution in [0.15, 0.2) is 6.20 Å². The summed E-state index contributed by atoms with van der Waals surface area (Å²) in [6, 6.07) is 0.345. The lowest BCUT2D eigenvalue weighted by Gasteiger charge is -2.33. The molecule has 0 aliphatic heterocycles. The SMILES string of the molecule is CCc1cnc(C(C)NCCC2(N)CCCCC2)s1. The van der Waals surface area contributed by atoms with Crippen LogP contribution in [0, 0.1) is 0 Å². The van der Waals surface area contributed by atoms with Crippen molar-refractivity contribution in [1.82, 2.24) is 10.3 Å². The van der Waals surface area contributed by atoms with Crippen molar-refractivity contribution in [3.63, 3.8) is 0 Å². The second kappa shape index (κ2) is 6.82. The first-order valence-electron chi connectivity index (χ1n) is 7.60. The molecule has 3 N–H and O–H groups in total. The fraction of sp³-hybridized carbons (Fsp3) is 0.800. The van der Waals surface area contributed by atoms with Crippen molar-refractivity contribution in [3.05, 3.63) is 16.1 Å². The van der Waals surface area contributed by atoms with Crippen LogP contribution in [0.25, 0.3) is 0 Å². The standard InChI is InChI=1S/C15H27N3S/c1-3-13-11-18-14(19-13)12(2)17-10-9-15(16)7-5-4-6-8-15/h11-12,17H,3-10,16H2,1-2H3. The van der Waals surface area contributed by atoms with Gasteiger partial charge in [0.2, 0.25) is 0 Å². The highest BCUT2D eigenvalue weighted by atomic mass is 32.1. The molecule has 1 unspecified atom stereocenters. The second-order valence-electron chi connectivity index (χ2n) is 5.87. The van der Waals surface area contributed by atoms with E-state index in [1.54, 1.807) is 0 Å². The van der Waals surface area contributed by atoms with E-state index in [9.17, 15) is 0 Å². The lowest BCUT2D eigenvalue weighted by atomic mass is 9.80. The van der Waals surface area contributed by atoms with E-state index in [-0.39, 0.29) is 5.54 Å². The van der Waals surface area contributed by atoms with Gasteiger partial charge in [0.15, 0.2) is 0 Å². The number of rotatable bonds is 6. The number of nitrogens with two attached hydrogens (primary N) is 1. The highest BCUT2D eigenvalue weighted by Crippen LogP contribution is 2.28. The predicted octanol–water partition coefficient (Wildman–Crippen LogP) is 3.41. The Morgan fingerprint density at radius 2 is 2.16 bits per heavy atom. The topological polar surface area (TPSA) is 50.9 Å². The van der Waals surface area contributed by atoms with Gasteiger partial charge in [-0.3, -0.25) is 0 Å². The van der Waals surface area contributed by atoms with Crippen LogP contribution >= 0.6 is 11.3 Å². The first-order chi connectivity index (χ1) is 9.13. The Morgan fingerprint density at radius 3 is 2.79 bits per heavy atom. The summed E-state index contributed by atoms with van der Waals surface area (Å²) in [4.78, 5) is 5.86. The largest absolute Gasteiger partial charge is 0.325 e. The Labute approximate surface area is 121 Å². The third kappa shape index (κ3) is 4.26. The maximum atomic E-state index is 6.46. The molecule has 1 aromatic heterocycles. The van der Waals surface area contributed by atoms with Crippen molar-refractivity contribution in [2.45, 2.75) is 70.4 Å². The molecule has 0 amide bonds. The number of nitrogens with zero attached hydrogens (tertiary/aromatic N) is 1. The zero-order valence-corrected chi connectivity index (χ0v) is 13.1. The Bertz CT molecular complexity index is 382. The van der Waals surface area contributed by atoms with Gasteiger partial charge >= 0.3 is 0 Å². The molecule has 0 aromatic carbocycles. The normalized spacial score (nSPS) is 20.4. The van der Waals surface area contributed by atoms with Crippen LogP contribution in [0.3, 0.4) is 0 Å². The van der Waals surface area contributed by atoms with Crippen molar-refractivity contribution < 1.29 is 0 Å². The third-order valence-corrected chi connectivity index (χ3v) is 5.54. The molecule has 0 radical (unpaired) electrons. The molecular formula is C15H27N3S. The van der Waals surface area contributed by atoms with E-state index in [1.807, 2.05) is 17.5 Å². The van der Waals surface area contributed by atoms with Crippen LogP contribution in [-0.4, -0.2) is 17.1 Å². The zero-order valence-electron chi connectivity index (χ0n) is 12.2. The quantitative estimate of drug-likeness (QED) is 0.840. The van der Waals surface area contributed by atoms with Gasteiger partial charge in [0.25, 0.3) is 0 Å². The third-order valence-electron chi connectivity index (χ3n) is 4.21. The molecule has 1 fully saturated rings. The molecular weight excluding hydrogens is 254 g/mol. The highest BCUT2D eigenvalue weighted by Gasteiger charge is 2.26. The maximum absolute atomic E-state index is 6.46. The number of hydrogen-bond acceptors (Lipinski definition) is 4. The van der Waals surface area contributed by atoms with E-state index in [0.29, 0.717) is 6.04 Å². The highest BCUT2D eigenvalue weighted by molar-refractivity contribution is 7.11. The lowest BCUT2D eigenvalue weighted by molar-refractivity contribution is 0.272. The van der Waals surface area contributed by atoms with E-state index in [4.69, 9.17) is 5.73 Å². The molecule has 1 saturated carbocycles. The van der Waals surface area contributed by atoms with Crippen molar-refractivity contribution in [2.24, 2.45) is 5.73 Å². The van der Waals surface area contributed by atoms with Gasteiger partial charge in [0.05, 0.1) is 6.04 Å². The van der Waals surface area contributed by atoms with Crippen LogP contribution in [-0.2, 0) is 6.42 Å².